The third-order valence-electron chi connectivity index (χ3n) is 5.95. The fourth-order valence-electron chi connectivity index (χ4n) is 5.26. The summed E-state index contributed by atoms with van der Waals surface area (Å²) in [5.41, 5.74) is 6.82. The Kier molecular flexibility index (Phi) is 2.27. The first-order valence-corrected chi connectivity index (χ1v) is 8.19. The summed E-state index contributed by atoms with van der Waals surface area (Å²) in [5, 5.41) is 3.84. The van der Waals surface area contributed by atoms with E-state index < -0.39 is 0 Å². The van der Waals surface area contributed by atoms with E-state index in [-0.39, 0.29) is 5.54 Å². The minimum absolute atomic E-state index is 0.116. The molecular weight excluding hydrogens is 268 g/mol. The summed E-state index contributed by atoms with van der Waals surface area (Å²) in [7, 11) is 0. The van der Waals surface area contributed by atoms with Gasteiger partial charge in [0.05, 0.1) is 5.69 Å². The highest BCUT2D eigenvalue weighted by Crippen LogP contribution is 2.62. The lowest BCUT2D eigenvalue weighted by atomic mass is 9.75. The third kappa shape index (κ3) is 1.43. The van der Waals surface area contributed by atoms with Crippen LogP contribution in [-0.2, 0) is 0 Å². The molecule has 0 spiro atoms. The van der Waals surface area contributed by atoms with Crippen LogP contribution in [0.4, 0.5) is 11.4 Å². The SMILES string of the molecule is CC1=Nc2ccccc2[C@H]2[C@@H]1[C@]1(C)C[C@H]2c2ccccc2N1. The van der Waals surface area contributed by atoms with Crippen LogP contribution in [0.5, 0.6) is 0 Å². The zero-order chi connectivity index (χ0) is 14.9. The summed E-state index contributed by atoms with van der Waals surface area (Å²) in [6.45, 7) is 4.60. The van der Waals surface area contributed by atoms with Crippen LogP contribution in [0.25, 0.3) is 0 Å². The van der Waals surface area contributed by atoms with Gasteiger partial charge in [-0.2, -0.15) is 0 Å². The molecule has 1 saturated carbocycles. The van der Waals surface area contributed by atoms with Crippen LogP contribution in [0.3, 0.4) is 0 Å². The first-order chi connectivity index (χ1) is 10.7. The molecule has 0 amide bonds. The van der Waals surface area contributed by atoms with E-state index in [1.165, 1.54) is 34.6 Å². The fourth-order valence-corrected chi connectivity index (χ4v) is 5.26. The van der Waals surface area contributed by atoms with Crippen LogP contribution in [-0.4, -0.2) is 11.3 Å². The van der Waals surface area contributed by atoms with E-state index in [4.69, 9.17) is 4.99 Å². The van der Waals surface area contributed by atoms with Gasteiger partial charge in [-0.05, 0) is 49.4 Å². The number of hydrogen-bond acceptors (Lipinski definition) is 2. The molecular formula is C20H20N2. The van der Waals surface area contributed by atoms with Gasteiger partial charge in [0.15, 0.2) is 0 Å². The molecule has 2 heteroatoms. The molecule has 2 nitrogen and oxygen atoms in total. The first-order valence-electron chi connectivity index (χ1n) is 8.19. The van der Waals surface area contributed by atoms with Crippen molar-refractivity contribution in [1.82, 2.24) is 0 Å². The van der Waals surface area contributed by atoms with Gasteiger partial charge < -0.3 is 5.32 Å². The molecule has 110 valence electrons. The summed E-state index contributed by atoms with van der Waals surface area (Å²) >= 11 is 0. The van der Waals surface area contributed by atoms with Crippen molar-refractivity contribution in [1.29, 1.82) is 0 Å². The van der Waals surface area contributed by atoms with Crippen molar-refractivity contribution in [2.24, 2.45) is 10.9 Å². The van der Waals surface area contributed by atoms with E-state index >= 15 is 0 Å². The van der Waals surface area contributed by atoms with Gasteiger partial charge in [0.2, 0.25) is 0 Å². The lowest BCUT2D eigenvalue weighted by Crippen LogP contribution is -2.44. The molecule has 0 aromatic heterocycles. The summed E-state index contributed by atoms with van der Waals surface area (Å²) in [5.74, 6) is 1.63. The molecule has 3 aliphatic rings. The molecule has 1 N–H and O–H groups in total. The Balaban J connectivity index is 1.78. The highest BCUT2D eigenvalue weighted by molar-refractivity contribution is 5.93. The number of para-hydroxylation sites is 2. The second-order valence-electron chi connectivity index (χ2n) is 7.26. The molecule has 2 aliphatic heterocycles. The quantitative estimate of drug-likeness (QED) is 0.735. The highest BCUT2D eigenvalue weighted by atomic mass is 15.0. The lowest BCUT2D eigenvalue weighted by molar-refractivity contribution is 0.442. The Labute approximate surface area is 131 Å². The molecule has 2 heterocycles. The predicted molar refractivity (Wildman–Crippen MR) is 91.3 cm³/mol. The second-order valence-corrected chi connectivity index (χ2v) is 7.26. The van der Waals surface area contributed by atoms with Crippen LogP contribution in [0.2, 0.25) is 0 Å². The molecule has 1 aliphatic carbocycles. The Hall–Kier alpha value is -2.09. The van der Waals surface area contributed by atoms with Gasteiger partial charge in [0.25, 0.3) is 0 Å². The number of aliphatic imine (C=N–C) groups is 1. The van der Waals surface area contributed by atoms with Gasteiger partial charge in [-0.25, -0.2) is 0 Å². The predicted octanol–water partition coefficient (Wildman–Crippen LogP) is 4.86. The van der Waals surface area contributed by atoms with Crippen molar-refractivity contribution in [2.75, 3.05) is 5.32 Å². The Morgan fingerprint density at radius 3 is 2.64 bits per heavy atom. The molecule has 2 bridgehead atoms. The first kappa shape index (κ1) is 12.5. The average molecular weight is 288 g/mol. The normalized spacial score (nSPS) is 34.1. The van der Waals surface area contributed by atoms with Crippen LogP contribution in [0.1, 0.15) is 43.2 Å². The largest absolute Gasteiger partial charge is 0.379 e. The van der Waals surface area contributed by atoms with Crippen LogP contribution in [0.15, 0.2) is 53.5 Å². The maximum Gasteiger partial charge on any atom is 0.0664 e. The molecule has 2 aromatic rings. The summed E-state index contributed by atoms with van der Waals surface area (Å²) in [6.07, 6.45) is 1.19. The second kappa shape index (κ2) is 4.01. The van der Waals surface area contributed by atoms with E-state index in [0.29, 0.717) is 17.8 Å². The van der Waals surface area contributed by atoms with Gasteiger partial charge in [-0.1, -0.05) is 36.4 Å². The topological polar surface area (TPSA) is 24.4 Å². The Morgan fingerprint density at radius 2 is 1.77 bits per heavy atom. The molecule has 5 rings (SSSR count). The molecule has 2 aromatic carbocycles. The van der Waals surface area contributed by atoms with Gasteiger partial charge >= 0.3 is 0 Å². The number of benzene rings is 2. The molecule has 22 heavy (non-hydrogen) atoms. The lowest BCUT2D eigenvalue weighted by Gasteiger charge is -2.38. The van der Waals surface area contributed by atoms with Crippen molar-refractivity contribution in [2.45, 2.75) is 37.6 Å². The van der Waals surface area contributed by atoms with Gasteiger partial charge in [0.1, 0.15) is 0 Å². The van der Waals surface area contributed by atoms with Crippen molar-refractivity contribution in [3.63, 3.8) is 0 Å². The van der Waals surface area contributed by atoms with Gasteiger partial charge in [-0.3, -0.25) is 4.99 Å². The zero-order valence-electron chi connectivity index (χ0n) is 13.0. The van der Waals surface area contributed by atoms with Crippen LogP contribution < -0.4 is 5.32 Å². The number of nitrogens with zero attached hydrogens (tertiary/aromatic N) is 1. The van der Waals surface area contributed by atoms with E-state index in [1.54, 1.807) is 0 Å². The summed E-state index contributed by atoms with van der Waals surface area (Å²) < 4.78 is 0. The maximum atomic E-state index is 4.93. The number of hydrogen-bond donors (Lipinski definition) is 1. The van der Waals surface area contributed by atoms with E-state index in [0.717, 1.165) is 0 Å². The number of nitrogens with one attached hydrogen (secondary N) is 1. The van der Waals surface area contributed by atoms with Crippen LogP contribution in [0, 0.1) is 5.92 Å². The van der Waals surface area contributed by atoms with E-state index in [9.17, 15) is 0 Å². The minimum atomic E-state index is 0.116. The Morgan fingerprint density at radius 1 is 1.05 bits per heavy atom. The zero-order valence-corrected chi connectivity index (χ0v) is 13.0. The van der Waals surface area contributed by atoms with E-state index in [2.05, 4.69) is 67.7 Å². The van der Waals surface area contributed by atoms with Crippen LogP contribution >= 0.6 is 0 Å². The smallest absolute Gasteiger partial charge is 0.0664 e. The summed E-state index contributed by atoms with van der Waals surface area (Å²) in [4.78, 5) is 4.93. The standard InChI is InChI=1S/C20H20N2/c1-12-19-18(14-8-4-5-9-16(14)21-12)15-11-20(19,2)22-17-10-6-3-7-13(15)17/h3-10,15,18-19,22H,11H2,1-2H3/t15-,18+,19+,20-/m0/s1. The van der Waals surface area contributed by atoms with Crippen molar-refractivity contribution >= 4 is 17.1 Å². The monoisotopic (exact) mass is 288 g/mol. The molecule has 0 unspecified atom stereocenters. The number of anilines is 1. The average Bonchev–Trinajstić information content (AvgIpc) is 2.77. The number of fused-ring (bicyclic) bond motifs is 9. The molecule has 0 radical (unpaired) electrons. The summed E-state index contributed by atoms with van der Waals surface area (Å²) in [6, 6.07) is 17.6. The van der Waals surface area contributed by atoms with Crippen molar-refractivity contribution < 1.29 is 0 Å². The Bertz CT molecular complexity index is 807. The maximum absolute atomic E-state index is 4.93. The fraction of sp³-hybridized carbons (Fsp3) is 0.350. The molecule has 0 saturated heterocycles. The van der Waals surface area contributed by atoms with E-state index in [1.807, 2.05) is 0 Å². The molecule has 1 fully saturated rings. The highest BCUT2D eigenvalue weighted by Gasteiger charge is 2.57. The van der Waals surface area contributed by atoms with Gasteiger partial charge in [-0.15, -0.1) is 0 Å². The number of rotatable bonds is 0. The van der Waals surface area contributed by atoms with Crippen molar-refractivity contribution in [3.05, 3.63) is 59.7 Å². The van der Waals surface area contributed by atoms with Gasteiger partial charge in [0, 0.05) is 28.8 Å². The van der Waals surface area contributed by atoms with Crippen molar-refractivity contribution in [3.8, 4) is 0 Å². The molecule has 4 atom stereocenters. The minimum Gasteiger partial charge on any atom is -0.379 e. The third-order valence-corrected chi connectivity index (χ3v) is 5.95.